The Labute approximate surface area is 234 Å². The Morgan fingerprint density at radius 2 is 1.68 bits per heavy atom. The van der Waals surface area contributed by atoms with E-state index in [0.29, 0.717) is 19.5 Å². The summed E-state index contributed by atoms with van der Waals surface area (Å²) in [6, 6.07) is 21.4. The molecule has 0 aliphatic heterocycles. The fourth-order valence-corrected chi connectivity index (χ4v) is 6.22. The molecule has 3 aromatic carbocycles. The first-order valence-corrected chi connectivity index (χ1v) is 14.3. The molecular formula is C29H26N4O2S3. The molecule has 192 valence electrons. The molecule has 0 aliphatic carbocycles. The van der Waals surface area contributed by atoms with Crippen molar-refractivity contribution in [3.05, 3.63) is 103 Å². The zero-order valence-corrected chi connectivity index (χ0v) is 23.9. The first kappa shape index (κ1) is 26.1. The molecule has 2 aromatic heterocycles. The third-order valence-electron chi connectivity index (χ3n) is 6.35. The summed E-state index contributed by atoms with van der Waals surface area (Å²) in [5, 5.41) is 3.35. The van der Waals surface area contributed by atoms with Crippen molar-refractivity contribution in [1.82, 2.24) is 14.1 Å². The Morgan fingerprint density at radius 1 is 0.947 bits per heavy atom. The second kappa shape index (κ2) is 10.7. The maximum atomic E-state index is 13.9. The topological polar surface area (TPSA) is 68.9 Å². The van der Waals surface area contributed by atoms with E-state index in [1.165, 1.54) is 28.7 Å². The lowest BCUT2D eigenvalue weighted by Crippen LogP contribution is -2.23. The largest absolute Gasteiger partial charge is 0.325 e. The van der Waals surface area contributed by atoms with Crippen molar-refractivity contribution in [2.24, 2.45) is 0 Å². The average molecular weight is 559 g/mol. The van der Waals surface area contributed by atoms with Crippen molar-refractivity contribution in [3.63, 3.8) is 0 Å². The van der Waals surface area contributed by atoms with Gasteiger partial charge in [-0.3, -0.25) is 18.7 Å². The number of fused-ring (bicyclic) bond motifs is 1. The first-order valence-electron chi connectivity index (χ1n) is 12.0. The monoisotopic (exact) mass is 558 g/mol. The minimum atomic E-state index is -0.204. The Morgan fingerprint density at radius 3 is 2.39 bits per heavy atom. The number of nitrogens with zero attached hydrogens (tertiary/aromatic N) is 3. The molecule has 1 amide bonds. The van der Waals surface area contributed by atoms with E-state index in [1.54, 1.807) is 4.57 Å². The summed E-state index contributed by atoms with van der Waals surface area (Å²) in [5.74, 6) is -0.0903. The van der Waals surface area contributed by atoms with Crippen molar-refractivity contribution in [2.75, 3.05) is 11.1 Å². The van der Waals surface area contributed by atoms with Gasteiger partial charge in [0.05, 0.1) is 11.4 Å². The third-order valence-corrected chi connectivity index (χ3v) is 8.64. The summed E-state index contributed by atoms with van der Waals surface area (Å²) in [6.45, 7) is 8.05. The normalized spacial score (nSPS) is 11.2. The molecule has 2 heterocycles. The number of rotatable bonds is 6. The molecule has 0 saturated heterocycles. The summed E-state index contributed by atoms with van der Waals surface area (Å²) >= 11 is 8.19. The van der Waals surface area contributed by atoms with Crippen LogP contribution in [0.25, 0.3) is 21.7 Å². The van der Waals surface area contributed by atoms with Crippen LogP contribution in [0.3, 0.4) is 0 Å². The first-order chi connectivity index (χ1) is 18.2. The van der Waals surface area contributed by atoms with Crippen molar-refractivity contribution in [2.45, 2.75) is 32.9 Å². The number of amides is 1. The van der Waals surface area contributed by atoms with Gasteiger partial charge in [0.15, 0.2) is 14.8 Å². The summed E-state index contributed by atoms with van der Waals surface area (Å²) in [5.41, 5.74) is 6.95. The number of carbonyl (C=O) groups excluding carboxylic acids is 1. The maximum Gasteiger partial charge on any atom is 0.278 e. The van der Waals surface area contributed by atoms with Crippen LogP contribution in [0.15, 0.2) is 76.7 Å². The Hall–Kier alpha value is -3.53. The maximum absolute atomic E-state index is 13.9. The zero-order valence-electron chi connectivity index (χ0n) is 21.4. The van der Waals surface area contributed by atoms with Crippen LogP contribution < -0.4 is 10.9 Å². The number of carbonyl (C=O) groups is 1. The molecule has 5 rings (SSSR count). The minimum absolute atomic E-state index is 0.0895. The van der Waals surface area contributed by atoms with Crippen LogP contribution in [0.1, 0.15) is 22.3 Å². The molecule has 9 heteroatoms. The highest BCUT2D eigenvalue weighted by molar-refractivity contribution is 7.99. The second-order valence-electron chi connectivity index (χ2n) is 9.15. The van der Waals surface area contributed by atoms with Crippen molar-refractivity contribution in [1.29, 1.82) is 0 Å². The number of hydrogen-bond donors (Lipinski definition) is 1. The van der Waals surface area contributed by atoms with Gasteiger partial charge in [0.2, 0.25) is 5.91 Å². The quantitative estimate of drug-likeness (QED) is 0.139. The van der Waals surface area contributed by atoms with E-state index in [9.17, 15) is 9.59 Å². The number of para-hydroxylation sites is 1. The highest BCUT2D eigenvalue weighted by Gasteiger charge is 2.21. The molecule has 0 spiro atoms. The Kier molecular flexibility index (Phi) is 7.34. The number of nitrogens with one attached hydrogen (secondary N) is 1. The number of anilines is 1. The number of aromatic nitrogens is 3. The van der Waals surface area contributed by atoms with E-state index in [4.69, 9.17) is 17.2 Å². The van der Waals surface area contributed by atoms with Crippen LogP contribution in [0.2, 0.25) is 0 Å². The SMILES string of the molecule is Cc1ccc(NC(=O)CSc2nc3c(sc(=S)n3-c3ccc(C)c(C)c3)c(=O)n2-c2ccccc2C)cc1. The van der Waals surface area contributed by atoms with Gasteiger partial charge >= 0.3 is 0 Å². The summed E-state index contributed by atoms with van der Waals surface area (Å²) in [6.07, 6.45) is 0. The van der Waals surface area contributed by atoms with Crippen LogP contribution >= 0.6 is 35.3 Å². The summed E-state index contributed by atoms with van der Waals surface area (Å²) in [4.78, 5) is 31.7. The van der Waals surface area contributed by atoms with Gasteiger partial charge in [0.1, 0.15) is 4.70 Å². The number of thiazole rings is 1. The van der Waals surface area contributed by atoms with Gasteiger partial charge in [-0.2, -0.15) is 0 Å². The van der Waals surface area contributed by atoms with E-state index >= 15 is 0 Å². The molecule has 0 saturated carbocycles. The van der Waals surface area contributed by atoms with Crippen LogP contribution in [0.5, 0.6) is 0 Å². The Bertz CT molecular complexity index is 1800. The van der Waals surface area contributed by atoms with E-state index in [-0.39, 0.29) is 17.2 Å². The van der Waals surface area contributed by atoms with Crippen LogP contribution in [-0.2, 0) is 4.79 Å². The molecule has 0 aliphatic rings. The van der Waals surface area contributed by atoms with Crippen LogP contribution in [0, 0.1) is 31.6 Å². The number of aryl methyl sites for hydroxylation is 4. The van der Waals surface area contributed by atoms with Gasteiger partial charge in [-0.15, -0.1) is 0 Å². The minimum Gasteiger partial charge on any atom is -0.325 e. The molecule has 0 unspecified atom stereocenters. The van der Waals surface area contributed by atoms with Crippen LogP contribution in [0.4, 0.5) is 5.69 Å². The van der Waals surface area contributed by atoms with Gasteiger partial charge < -0.3 is 5.32 Å². The standard InChI is InChI=1S/C29H26N4O2S3/c1-17-9-12-21(13-10-17)30-24(34)16-37-28-31-26-25(27(35)33(28)23-8-6-5-7-19(23)3)38-29(36)32(26)22-14-11-18(2)20(4)15-22/h5-15H,16H2,1-4H3,(H,30,34). The lowest BCUT2D eigenvalue weighted by atomic mass is 10.1. The summed E-state index contributed by atoms with van der Waals surface area (Å²) in [7, 11) is 0. The molecule has 0 bridgehead atoms. The van der Waals surface area contributed by atoms with Gasteiger partial charge in [-0.25, -0.2) is 4.98 Å². The van der Waals surface area contributed by atoms with E-state index in [0.717, 1.165) is 33.8 Å². The summed E-state index contributed by atoms with van der Waals surface area (Å²) < 4.78 is 4.47. The molecule has 38 heavy (non-hydrogen) atoms. The van der Waals surface area contributed by atoms with Crippen molar-refractivity contribution in [3.8, 4) is 11.4 Å². The van der Waals surface area contributed by atoms with Gasteiger partial charge in [0.25, 0.3) is 5.56 Å². The lowest BCUT2D eigenvalue weighted by Gasteiger charge is -2.15. The van der Waals surface area contributed by atoms with Crippen molar-refractivity contribution >= 4 is 57.3 Å². The molecule has 1 N–H and O–H groups in total. The molecule has 0 radical (unpaired) electrons. The van der Waals surface area contributed by atoms with Gasteiger partial charge in [-0.05, 0) is 86.9 Å². The molecular weight excluding hydrogens is 533 g/mol. The average Bonchev–Trinajstić information content (AvgIpc) is 3.23. The fourth-order valence-electron chi connectivity index (χ4n) is 4.12. The number of benzene rings is 3. The lowest BCUT2D eigenvalue weighted by molar-refractivity contribution is -0.113. The number of hydrogen-bond acceptors (Lipinski definition) is 6. The highest BCUT2D eigenvalue weighted by atomic mass is 32.2. The Balaban J connectivity index is 1.62. The molecule has 6 nitrogen and oxygen atoms in total. The zero-order chi connectivity index (χ0) is 27.0. The molecule has 0 atom stereocenters. The third kappa shape index (κ3) is 5.09. The van der Waals surface area contributed by atoms with Crippen LogP contribution in [-0.4, -0.2) is 25.8 Å². The smallest absolute Gasteiger partial charge is 0.278 e. The predicted octanol–water partition coefficient (Wildman–Crippen LogP) is 6.93. The highest BCUT2D eigenvalue weighted by Crippen LogP contribution is 2.29. The number of thioether (sulfide) groups is 1. The van der Waals surface area contributed by atoms with Crippen molar-refractivity contribution < 1.29 is 4.79 Å². The van der Waals surface area contributed by atoms with E-state index in [1.807, 2.05) is 92.1 Å². The van der Waals surface area contributed by atoms with Gasteiger partial charge in [-0.1, -0.05) is 65.1 Å². The fraction of sp³-hybridized carbons (Fsp3) is 0.172. The van der Waals surface area contributed by atoms with E-state index < -0.39 is 0 Å². The second-order valence-corrected chi connectivity index (χ2v) is 11.7. The molecule has 5 aromatic rings. The predicted molar refractivity (Wildman–Crippen MR) is 160 cm³/mol. The van der Waals surface area contributed by atoms with E-state index in [2.05, 4.69) is 12.2 Å². The molecule has 0 fully saturated rings. The van der Waals surface area contributed by atoms with Gasteiger partial charge in [0, 0.05) is 11.4 Å².